The highest BCUT2D eigenvalue weighted by atomic mass is 35.5. The van der Waals surface area contributed by atoms with Crippen molar-refractivity contribution in [2.24, 2.45) is 0 Å². The fraction of sp³-hybridized carbons (Fsp3) is 0.188. The summed E-state index contributed by atoms with van der Waals surface area (Å²) in [6, 6.07) is 15.4. The van der Waals surface area contributed by atoms with Crippen molar-refractivity contribution in [3.05, 3.63) is 64.1 Å². The lowest BCUT2D eigenvalue weighted by Gasteiger charge is -2.11. The molecule has 0 saturated carbocycles. The molecule has 2 aromatic rings. The zero-order chi connectivity index (χ0) is 15.1. The van der Waals surface area contributed by atoms with Crippen LogP contribution in [0.1, 0.15) is 12.0 Å². The second kappa shape index (κ2) is 8.23. The van der Waals surface area contributed by atoms with Crippen molar-refractivity contribution >= 4 is 46.2 Å². The van der Waals surface area contributed by atoms with E-state index in [1.54, 1.807) is 0 Å². The molecule has 2 nitrogen and oxygen atoms in total. The van der Waals surface area contributed by atoms with Crippen LogP contribution in [0.2, 0.25) is 10.0 Å². The van der Waals surface area contributed by atoms with Gasteiger partial charge in [-0.1, -0.05) is 47.5 Å². The Morgan fingerprint density at radius 3 is 2.43 bits per heavy atom. The van der Waals surface area contributed by atoms with Crippen molar-refractivity contribution in [2.45, 2.75) is 12.8 Å². The van der Waals surface area contributed by atoms with Gasteiger partial charge in [0.05, 0.1) is 10.7 Å². The molecule has 0 heterocycles. The van der Waals surface area contributed by atoms with E-state index in [0.717, 1.165) is 30.1 Å². The first kappa shape index (κ1) is 16.1. The zero-order valence-corrected chi connectivity index (χ0v) is 13.7. The molecule has 21 heavy (non-hydrogen) atoms. The molecule has 0 atom stereocenters. The molecule has 0 aliphatic rings. The predicted molar refractivity (Wildman–Crippen MR) is 95.4 cm³/mol. The van der Waals surface area contributed by atoms with Gasteiger partial charge in [-0.3, -0.25) is 0 Å². The number of thiocarbonyl (C=S) groups is 1. The Bertz CT molecular complexity index is 599. The summed E-state index contributed by atoms with van der Waals surface area (Å²) in [5.74, 6) is 0. The normalized spacial score (nSPS) is 10.2. The smallest absolute Gasteiger partial charge is 0.170 e. The zero-order valence-electron chi connectivity index (χ0n) is 11.4. The van der Waals surface area contributed by atoms with Crippen LogP contribution < -0.4 is 10.6 Å². The fourth-order valence-electron chi connectivity index (χ4n) is 1.87. The van der Waals surface area contributed by atoms with Gasteiger partial charge in [0, 0.05) is 11.6 Å². The molecule has 5 heteroatoms. The van der Waals surface area contributed by atoms with Crippen LogP contribution in [-0.4, -0.2) is 11.7 Å². The Morgan fingerprint density at radius 2 is 1.71 bits per heavy atom. The molecule has 110 valence electrons. The summed E-state index contributed by atoms with van der Waals surface area (Å²) in [6.07, 6.45) is 1.98. The van der Waals surface area contributed by atoms with E-state index < -0.39 is 0 Å². The number of rotatable bonds is 5. The Kier molecular flexibility index (Phi) is 6.30. The first-order valence-electron chi connectivity index (χ1n) is 6.69. The molecule has 0 aliphatic heterocycles. The molecular weight excluding hydrogens is 323 g/mol. The van der Waals surface area contributed by atoms with Crippen LogP contribution in [0.3, 0.4) is 0 Å². The number of benzene rings is 2. The third-order valence-electron chi connectivity index (χ3n) is 2.96. The monoisotopic (exact) mass is 338 g/mol. The maximum absolute atomic E-state index is 6.06. The van der Waals surface area contributed by atoms with Gasteiger partial charge in [-0.2, -0.15) is 0 Å². The van der Waals surface area contributed by atoms with E-state index in [2.05, 4.69) is 10.6 Å². The number of para-hydroxylation sites is 1. The number of hydrogen-bond acceptors (Lipinski definition) is 1. The topological polar surface area (TPSA) is 24.1 Å². The lowest BCUT2D eigenvalue weighted by atomic mass is 10.1. The fourth-order valence-corrected chi connectivity index (χ4v) is 2.40. The van der Waals surface area contributed by atoms with Gasteiger partial charge in [0.1, 0.15) is 0 Å². The summed E-state index contributed by atoms with van der Waals surface area (Å²) in [4.78, 5) is 0. The number of halogens is 2. The molecule has 0 amide bonds. The van der Waals surface area contributed by atoms with Crippen LogP contribution in [0, 0.1) is 0 Å². The van der Waals surface area contributed by atoms with E-state index in [-0.39, 0.29) is 0 Å². The van der Waals surface area contributed by atoms with Gasteiger partial charge in [0.2, 0.25) is 0 Å². The highest BCUT2D eigenvalue weighted by Crippen LogP contribution is 2.20. The van der Waals surface area contributed by atoms with Crippen LogP contribution in [0.4, 0.5) is 5.69 Å². The van der Waals surface area contributed by atoms with Gasteiger partial charge in [-0.15, -0.1) is 0 Å². The maximum atomic E-state index is 6.06. The minimum atomic E-state index is 0.583. The summed E-state index contributed by atoms with van der Waals surface area (Å²) in [5.41, 5.74) is 2.08. The third kappa shape index (κ3) is 5.54. The Labute approximate surface area is 140 Å². The van der Waals surface area contributed by atoms with Crippen molar-refractivity contribution in [3.63, 3.8) is 0 Å². The summed E-state index contributed by atoms with van der Waals surface area (Å²) in [7, 11) is 0. The van der Waals surface area contributed by atoms with E-state index >= 15 is 0 Å². The summed E-state index contributed by atoms with van der Waals surface area (Å²) < 4.78 is 0. The minimum Gasteiger partial charge on any atom is -0.362 e. The van der Waals surface area contributed by atoms with Gasteiger partial charge in [-0.25, -0.2) is 0 Å². The van der Waals surface area contributed by atoms with Crippen molar-refractivity contribution in [1.29, 1.82) is 0 Å². The van der Waals surface area contributed by atoms with E-state index in [4.69, 9.17) is 35.4 Å². The Balaban J connectivity index is 1.70. The molecule has 0 fully saturated rings. The molecule has 0 aliphatic carbocycles. The Morgan fingerprint density at radius 1 is 1.00 bits per heavy atom. The van der Waals surface area contributed by atoms with Crippen LogP contribution in [0.15, 0.2) is 48.5 Å². The number of aryl methyl sites for hydroxylation is 1. The van der Waals surface area contributed by atoms with Crippen molar-refractivity contribution in [3.8, 4) is 0 Å². The SMILES string of the molecule is S=C(NCCCc1ccc(Cl)cc1)Nc1ccccc1Cl. The van der Waals surface area contributed by atoms with Gasteiger partial charge < -0.3 is 10.6 Å². The number of hydrogen-bond donors (Lipinski definition) is 2. The summed E-state index contributed by atoms with van der Waals surface area (Å²) in [6.45, 7) is 0.804. The van der Waals surface area contributed by atoms with E-state index in [1.807, 2.05) is 48.5 Å². The molecule has 2 N–H and O–H groups in total. The Hall–Kier alpha value is -1.29. The van der Waals surface area contributed by atoms with E-state index in [9.17, 15) is 0 Å². The molecular formula is C16H16Cl2N2S. The molecule has 0 spiro atoms. The van der Waals surface area contributed by atoms with Crippen LogP contribution in [0.5, 0.6) is 0 Å². The van der Waals surface area contributed by atoms with E-state index in [0.29, 0.717) is 10.1 Å². The quantitative estimate of drug-likeness (QED) is 0.598. The molecule has 0 radical (unpaired) electrons. The molecule has 2 rings (SSSR count). The van der Waals surface area contributed by atoms with Crippen molar-refractivity contribution in [2.75, 3.05) is 11.9 Å². The summed E-state index contributed by atoms with van der Waals surface area (Å²) >= 11 is 17.2. The standard InChI is InChI=1S/C16H16Cl2N2S/c17-13-9-7-12(8-10-13)4-3-11-19-16(21)20-15-6-2-1-5-14(15)18/h1-2,5-10H,3-4,11H2,(H2,19,20,21). The van der Waals surface area contributed by atoms with Gasteiger partial charge in [0.15, 0.2) is 5.11 Å². The molecule has 2 aromatic carbocycles. The van der Waals surface area contributed by atoms with Crippen molar-refractivity contribution in [1.82, 2.24) is 5.32 Å². The van der Waals surface area contributed by atoms with E-state index in [1.165, 1.54) is 5.56 Å². The number of nitrogens with one attached hydrogen (secondary N) is 2. The van der Waals surface area contributed by atoms with Gasteiger partial charge in [-0.05, 0) is 54.9 Å². The maximum Gasteiger partial charge on any atom is 0.170 e. The second-order valence-electron chi connectivity index (χ2n) is 4.59. The lowest BCUT2D eigenvalue weighted by molar-refractivity contribution is 0.777. The highest BCUT2D eigenvalue weighted by Gasteiger charge is 2.01. The average molecular weight is 339 g/mol. The van der Waals surface area contributed by atoms with Crippen LogP contribution in [0.25, 0.3) is 0 Å². The molecule has 0 aromatic heterocycles. The third-order valence-corrected chi connectivity index (χ3v) is 3.79. The lowest BCUT2D eigenvalue weighted by Crippen LogP contribution is -2.29. The first-order valence-corrected chi connectivity index (χ1v) is 7.85. The number of anilines is 1. The highest BCUT2D eigenvalue weighted by molar-refractivity contribution is 7.80. The van der Waals surface area contributed by atoms with Crippen molar-refractivity contribution < 1.29 is 0 Å². The molecule has 0 unspecified atom stereocenters. The molecule has 0 saturated heterocycles. The van der Waals surface area contributed by atoms with Gasteiger partial charge in [0.25, 0.3) is 0 Å². The van der Waals surface area contributed by atoms with Crippen LogP contribution in [-0.2, 0) is 6.42 Å². The summed E-state index contributed by atoms with van der Waals surface area (Å²) in [5, 5.41) is 8.27. The largest absolute Gasteiger partial charge is 0.362 e. The van der Waals surface area contributed by atoms with Crippen LogP contribution >= 0.6 is 35.4 Å². The average Bonchev–Trinajstić information content (AvgIpc) is 2.48. The van der Waals surface area contributed by atoms with Gasteiger partial charge >= 0.3 is 0 Å². The second-order valence-corrected chi connectivity index (χ2v) is 5.84. The first-order chi connectivity index (χ1) is 10.1. The molecule has 0 bridgehead atoms. The minimum absolute atomic E-state index is 0.583. The predicted octanol–water partition coefficient (Wildman–Crippen LogP) is 4.91.